The first-order valence-corrected chi connectivity index (χ1v) is 7.61. The van der Waals surface area contributed by atoms with Gasteiger partial charge in [0.25, 0.3) is 0 Å². The molecule has 2 heterocycles. The number of rotatable bonds is 2. The summed E-state index contributed by atoms with van der Waals surface area (Å²) in [5.74, 6) is 0.0428. The van der Waals surface area contributed by atoms with Crippen molar-refractivity contribution in [1.82, 2.24) is 15.2 Å². The van der Waals surface area contributed by atoms with E-state index in [1.807, 2.05) is 13.0 Å². The highest BCUT2D eigenvalue weighted by atomic mass is 16.2. The van der Waals surface area contributed by atoms with Crippen LogP contribution in [0.1, 0.15) is 43.2 Å². The van der Waals surface area contributed by atoms with Crippen molar-refractivity contribution >= 4 is 11.8 Å². The molecule has 1 aliphatic heterocycles. The molecule has 0 atom stereocenters. The van der Waals surface area contributed by atoms with Gasteiger partial charge in [0.1, 0.15) is 5.54 Å². The second kappa shape index (κ2) is 5.47. The zero-order valence-corrected chi connectivity index (χ0v) is 12.4. The number of nitrogens with one attached hydrogen (secondary N) is 1. The van der Waals surface area contributed by atoms with Crippen molar-refractivity contribution in [2.75, 3.05) is 6.54 Å². The summed E-state index contributed by atoms with van der Waals surface area (Å²) in [6, 6.07) is 1.92. The van der Waals surface area contributed by atoms with Crippen LogP contribution >= 0.6 is 0 Å². The summed E-state index contributed by atoms with van der Waals surface area (Å²) in [5.41, 5.74) is 1.46. The maximum atomic E-state index is 12.9. The minimum atomic E-state index is -0.644. The predicted molar refractivity (Wildman–Crippen MR) is 78.3 cm³/mol. The SMILES string of the molecule is Cc1cnccc1CN1CC(=O)NC2(CCCCC2)C1=O. The number of hydrogen-bond acceptors (Lipinski definition) is 3. The third-order valence-electron chi connectivity index (χ3n) is 4.61. The molecular formula is C16H21N3O2. The van der Waals surface area contributed by atoms with Crippen molar-refractivity contribution in [3.05, 3.63) is 29.6 Å². The number of pyridine rings is 1. The lowest BCUT2D eigenvalue weighted by Crippen LogP contribution is -2.66. The van der Waals surface area contributed by atoms with Gasteiger partial charge in [0, 0.05) is 18.9 Å². The number of amides is 2. The van der Waals surface area contributed by atoms with E-state index in [-0.39, 0.29) is 18.4 Å². The summed E-state index contributed by atoms with van der Waals surface area (Å²) >= 11 is 0. The van der Waals surface area contributed by atoms with Gasteiger partial charge in [0.15, 0.2) is 0 Å². The van der Waals surface area contributed by atoms with Crippen LogP contribution in [0, 0.1) is 6.92 Å². The second-order valence-corrected chi connectivity index (χ2v) is 6.15. The Balaban J connectivity index is 1.83. The normalized spacial score (nSPS) is 21.5. The Morgan fingerprint density at radius 2 is 2.05 bits per heavy atom. The average Bonchev–Trinajstić information content (AvgIpc) is 2.47. The smallest absolute Gasteiger partial charge is 0.249 e. The van der Waals surface area contributed by atoms with Crippen molar-refractivity contribution in [1.29, 1.82) is 0 Å². The highest BCUT2D eigenvalue weighted by molar-refractivity contribution is 5.98. The number of hydrogen-bond donors (Lipinski definition) is 1. The summed E-state index contributed by atoms with van der Waals surface area (Å²) in [7, 11) is 0. The molecular weight excluding hydrogens is 266 g/mol. The lowest BCUT2D eigenvalue weighted by atomic mass is 9.79. The molecule has 5 heteroatoms. The van der Waals surface area contributed by atoms with Gasteiger partial charge in [-0.25, -0.2) is 0 Å². The average molecular weight is 287 g/mol. The monoisotopic (exact) mass is 287 g/mol. The molecule has 0 unspecified atom stereocenters. The molecule has 1 aromatic rings. The molecule has 0 aromatic carbocycles. The molecule has 3 rings (SSSR count). The third kappa shape index (κ3) is 2.64. The highest BCUT2D eigenvalue weighted by Gasteiger charge is 2.46. The van der Waals surface area contributed by atoms with Crippen molar-refractivity contribution in [3.63, 3.8) is 0 Å². The molecule has 0 bridgehead atoms. The van der Waals surface area contributed by atoms with Crippen LogP contribution in [0.2, 0.25) is 0 Å². The van der Waals surface area contributed by atoms with Gasteiger partial charge in [-0.1, -0.05) is 19.3 Å². The molecule has 0 radical (unpaired) electrons. The first-order chi connectivity index (χ1) is 10.1. The summed E-state index contributed by atoms with van der Waals surface area (Å²) in [6.45, 7) is 2.62. The molecule has 1 saturated carbocycles. The van der Waals surface area contributed by atoms with Crippen molar-refractivity contribution in [2.24, 2.45) is 0 Å². The van der Waals surface area contributed by atoms with Gasteiger partial charge in [-0.3, -0.25) is 14.6 Å². The predicted octanol–water partition coefficient (Wildman–Crippen LogP) is 1.55. The molecule has 2 aliphatic rings. The lowest BCUT2D eigenvalue weighted by molar-refractivity contribution is -0.152. The Morgan fingerprint density at radius 1 is 1.29 bits per heavy atom. The van der Waals surface area contributed by atoms with Crippen LogP contribution in [-0.2, 0) is 16.1 Å². The van der Waals surface area contributed by atoms with E-state index in [4.69, 9.17) is 0 Å². The summed E-state index contributed by atoms with van der Waals surface area (Å²) in [4.78, 5) is 30.7. The van der Waals surface area contributed by atoms with E-state index in [9.17, 15) is 9.59 Å². The number of aromatic nitrogens is 1. The van der Waals surface area contributed by atoms with Gasteiger partial charge in [-0.05, 0) is 37.0 Å². The molecule has 2 fully saturated rings. The first kappa shape index (κ1) is 14.0. The Labute approximate surface area is 124 Å². The zero-order chi connectivity index (χ0) is 14.9. The minimum Gasteiger partial charge on any atom is -0.340 e. The molecule has 1 aliphatic carbocycles. The highest BCUT2D eigenvalue weighted by Crippen LogP contribution is 2.32. The van der Waals surface area contributed by atoms with E-state index >= 15 is 0 Å². The largest absolute Gasteiger partial charge is 0.340 e. The van der Waals surface area contributed by atoms with E-state index in [2.05, 4.69) is 10.3 Å². The van der Waals surface area contributed by atoms with Crippen LogP contribution < -0.4 is 5.32 Å². The van der Waals surface area contributed by atoms with E-state index in [1.165, 1.54) is 0 Å². The maximum Gasteiger partial charge on any atom is 0.249 e. The van der Waals surface area contributed by atoms with Gasteiger partial charge in [0.05, 0.1) is 6.54 Å². The van der Waals surface area contributed by atoms with E-state index in [1.54, 1.807) is 17.3 Å². The molecule has 21 heavy (non-hydrogen) atoms. The summed E-state index contributed by atoms with van der Waals surface area (Å²) < 4.78 is 0. The fourth-order valence-electron chi connectivity index (χ4n) is 3.41. The van der Waals surface area contributed by atoms with Crippen molar-refractivity contribution in [2.45, 2.75) is 51.1 Å². The second-order valence-electron chi connectivity index (χ2n) is 6.15. The Kier molecular flexibility index (Phi) is 3.66. The van der Waals surface area contributed by atoms with Crippen LogP contribution in [0.5, 0.6) is 0 Å². The topological polar surface area (TPSA) is 62.3 Å². The summed E-state index contributed by atoms with van der Waals surface area (Å²) in [6.07, 6.45) is 8.22. The third-order valence-corrected chi connectivity index (χ3v) is 4.61. The standard InChI is InChI=1S/C16H21N3O2/c1-12-9-17-8-5-13(12)10-19-11-14(20)18-16(15(19)21)6-3-2-4-7-16/h5,8-9H,2-4,6-7,10-11H2,1H3,(H,18,20). The van der Waals surface area contributed by atoms with E-state index < -0.39 is 5.54 Å². The quantitative estimate of drug-likeness (QED) is 0.897. The Morgan fingerprint density at radius 3 is 2.76 bits per heavy atom. The molecule has 112 valence electrons. The van der Waals surface area contributed by atoms with Gasteiger partial charge in [0.2, 0.25) is 11.8 Å². The van der Waals surface area contributed by atoms with Crippen LogP contribution in [-0.4, -0.2) is 33.8 Å². The van der Waals surface area contributed by atoms with Gasteiger partial charge >= 0.3 is 0 Å². The fourth-order valence-corrected chi connectivity index (χ4v) is 3.41. The number of carbonyl (C=O) groups excluding carboxylic acids is 2. The maximum absolute atomic E-state index is 12.9. The van der Waals surface area contributed by atoms with Crippen molar-refractivity contribution < 1.29 is 9.59 Å². The minimum absolute atomic E-state index is 0.0387. The number of aryl methyl sites for hydroxylation is 1. The summed E-state index contributed by atoms with van der Waals surface area (Å²) in [5, 5.41) is 2.97. The van der Waals surface area contributed by atoms with Gasteiger partial charge < -0.3 is 10.2 Å². The Hall–Kier alpha value is -1.91. The van der Waals surface area contributed by atoms with Crippen molar-refractivity contribution in [3.8, 4) is 0 Å². The molecule has 5 nitrogen and oxygen atoms in total. The number of carbonyl (C=O) groups is 2. The molecule has 1 spiro atoms. The van der Waals surface area contributed by atoms with E-state index in [0.29, 0.717) is 6.54 Å². The van der Waals surface area contributed by atoms with E-state index in [0.717, 1.165) is 43.2 Å². The molecule has 1 N–H and O–H groups in total. The number of nitrogens with zero attached hydrogens (tertiary/aromatic N) is 2. The van der Waals surface area contributed by atoms with Gasteiger partial charge in [-0.2, -0.15) is 0 Å². The van der Waals surface area contributed by atoms with Gasteiger partial charge in [-0.15, -0.1) is 0 Å². The molecule has 1 aromatic heterocycles. The lowest BCUT2D eigenvalue weighted by Gasteiger charge is -2.44. The molecule has 1 saturated heterocycles. The van der Waals surface area contributed by atoms with Crippen LogP contribution in [0.4, 0.5) is 0 Å². The fraction of sp³-hybridized carbons (Fsp3) is 0.562. The van der Waals surface area contributed by atoms with Crippen LogP contribution in [0.3, 0.4) is 0 Å². The zero-order valence-electron chi connectivity index (χ0n) is 12.4. The molecule has 2 amide bonds. The Bertz CT molecular complexity index is 564. The first-order valence-electron chi connectivity index (χ1n) is 7.61. The van der Waals surface area contributed by atoms with Crippen LogP contribution in [0.15, 0.2) is 18.5 Å². The number of piperazine rings is 1. The van der Waals surface area contributed by atoms with Crippen LogP contribution in [0.25, 0.3) is 0 Å².